The molecule has 1 aliphatic rings. The first-order valence-electron chi connectivity index (χ1n) is 4.57. The van der Waals surface area contributed by atoms with Gasteiger partial charge in [-0.15, -0.1) is 0 Å². The average Bonchev–Trinajstić information content (AvgIpc) is 2.04. The van der Waals surface area contributed by atoms with Gasteiger partial charge >= 0.3 is 0 Å². The van der Waals surface area contributed by atoms with Gasteiger partial charge in [-0.3, -0.25) is 0 Å². The van der Waals surface area contributed by atoms with Crippen molar-refractivity contribution in [2.24, 2.45) is 5.73 Å². The van der Waals surface area contributed by atoms with Crippen LogP contribution in [0.4, 0.5) is 0 Å². The fourth-order valence-electron chi connectivity index (χ4n) is 2.08. The van der Waals surface area contributed by atoms with Gasteiger partial charge in [-0.2, -0.15) is 0 Å². The number of rotatable bonds is 0. The van der Waals surface area contributed by atoms with Crippen molar-refractivity contribution in [3.63, 3.8) is 0 Å². The largest absolute Gasteiger partial charge is 0.322 e. The summed E-state index contributed by atoms with van der Waals surface area (Å²) < 4.78 is 0. The third-order valence-corrected chi connectivity index (χ3v) is 2.77. The van der Waals surface area contributed by atoms with Gasteiger partial charge < -0.3 is 5.73 Å². The van der Waals surface area contributed by atoms with Gasteiger partial charge in [0, 0.05) is 5.54 Å². The average molecular weight is 161 g/mol. The van der Waals surface area contributed by atoms with Crippen molar-refractivity contribution in [1.82, 2.24) is 0 Å². The van der Waals surface area contributed by atoms with Gasteiger partial charge in [0.05, 0.1) is 0 Å². The Morgan fingerprint density at radius 1 is 1.33 bits per heavy atom. The minimum absolute atomic E-state index is 0.0884. The quantitative estimate of drug-likeness (QED) is 0.620. The number of fused-ring (bicyclic) bond motifs is 1. The Morgan fingerprint density at radius 2 is 2.08 bits per heavy atom. The summed E-state index contributed by atoms with van der Waals surface area (Å²) in [5.41, 5.74) is 8.88. The zero-order valence-electron chi connectivity index (χ0n) is 7.51. The number of aryl methyl sites for hydroxylation is 1. The van der Waals surface area contributed by atoms with Crippen LogP contribution in [0.25, 0.3) is 0 Å². The molecule has 0 aliphatic heterocycles. The molecule has 1 heteroatoms. The number of nitrogens with two attached hydrogens (primary N) is 1. The van der Waals surface area contributed by atoms with Crippen LogP contribution in [0, 0.1) is 0 Å². The van der Waals surface area contributed by atoms with Crippen LogP contribution < -0.4 is 5.73 Å². The smallest absolute Gasteiger partial charge is 0.0383 e. The lowest BCUT2D eigenvalue weighted by molar-refractivity contribution is 0.409. The van der Waals surface area contributed by atoms with Crippen LogP contribution in [0.5, 0.6) is 0 Å². The zero-order valence-corrected chi connectivity index (χ0v) is 7.51. The second kappa shape index (κ2) is 2.60. The maximum Gasteiger partial charge on any atom is 0.0383 e. The van der Waals surface area contributed by atoms with Crippen LogP contribution in [0.2, 0.25) is 0 Å². The summed E-state index contributed by atoms with van der Waals surface area (Å²) in [6.45, 7) is 2.13. The van der Waals surface area contributed by atoms with Gasteiger partial charge in [-0.05, 0) is 37.3 Å². The first kappa shape index (κ1) is 7.81. The van der Waals surface area contributed by atoms with Crippen LogP contribution >= 0.6 is 0 Å². The van der Waals surface area contributed by atoms with E-state index in [-0.39, 0.29) is 5.54 Å². The summed E-state index contributed by atoms with van der Waals surface area (Å²) in [4.78, 5) is 0. The van der Waals surface area contributed by atoms with E-state index in [1.54, 1.807) is 0 Å². The van der Waals surface area contributed by atoms with Crippen molar-refractivity contribution in [2.45, 2.75) is 31.7 Å². The highest BCUT2D eigenvalue weighted by Crippen LogP contribution is 2.32. The lowest BCUT2D eigenvalue weighted by Crippen LogP contribution is -2.36. The molecule has 0 unspecified atom stereocenters. The van der Waals surface area contributed by atoms with E-state index >= 15 is 0 Å². The Kier molecular flexibility index (Phi) is 1.69. The number of benzene rings is 1. The summed E-state index contributed by atoms with van der Waals surface area (Å²) in [7, 11) is 0. The fourth-order valence-corrected chi connectivity index (χ4v) is 2.08. The second-order valence-corrected chi connectivity index (χ2v) is 3.93. The topological polar surface area (TPSA) is 26.0 Å². The molecule has 2 N–H and O–H groups in total. The van der Waals surface area contributed by atoms with Crippen LogP contribution in [0.15, 0.2) is 24.3 Å². The maximum atomic E-state index is 6.19. The summed E-state index contributed by atoms with van der Waals surface area (Å²) in [6, 6.07) is 8.53. The van der Waals surface area contributed by atoms with Crippen molar-refractivity contribution in [3.05, 3.63) is 35.4 Å². The van der Waals surface area contributed by atoms with E-state index in [1.807, 2.05) is 0 Å². The van der Waals surface area contributed by atoms with Crippen LogP contribution in [0.1, 0.15) is 30.9 Å². The molecule has 64 valence electrons. The van der Waals surface area contributed by atoms with E-state index in [0.717, 1.165) is 6.42 Å². The molecular formula is C11H15N. The van der Waals surface area contributed by atoms with E-state index in [4.69, 9.17) is 5.73 Å². The Bertz CT molecular complexity index is 289. The monoisotopic (exact) mass is 161 g/mol. The molecule has 0 heterocycles. The minimum atomic E-state index is -0.0884. The highest BCUT2D eigenvalue weighted by molar-refractivity contribution is 5.34. The van der Waals surface area contributed by atoms with Crippen LogP contribution in [0.3, 0.4) is 0 Å². The molecule has 2 rings (SSSR count). The molecule has 0 spiro atoms. The normalized spacial score (nSPS) is 28.2. The first-order valence-corrected chi connectivity index (χ1v) is 4.57. The van der Waals surface area contributed by atoms with Crippen molar-refractivity contribution in [3.8, 4) is 0 Å². The summed E-state index contributed by atoms with van der Waals surface area (Å²) in [5.74, 6) is 0. The SMILES string of the molecule is C[C@]1(N)CCCc2ccccc21. The molecule has 1 aliphatic carbocycles. The van der Waals surface area contributed by atoms with Crippen LogP contribution in [-0.2, 0) is 12.0 Å². The molecule has 0 aromatic heterocycles. The third kappa shape index (κ3) is 1.14. The highest BCUT2D eigenvalue weighted by atomic mass is 14.7. The van der Waals surface area contributed by atoms with E-state index in [2.05, 4.69) is 31.2 Å². The third-order valence-electron chi connectivity index (χ3n) is 2.77. The Labute approximate surface area is 73.6 Å². The van der Waals surface area contributed by atoms with Crippen molar-refractivity contribution >= 4 is 0 Å². The molecule has 1 atom stereocenters. The van der Waals surface area contributed by atoms with Crippen molar-refractivity contribution in [1.29, 1.82) is 0 Å². The summed E-state index contributed by atoms with van der Waals surface area (Å²) in [5, 5.41) is 0. The van der Waals surface area contributed by atoms with Crippen molar-refractivity contribution < 1.29 is 0 Å². The second-order valence-electron chi connectivity index (χ2n) is 3.93. The Hall–Kier alpha value is -0.820. The molecule has 0 fully saturated rings. The molecule has 1 aromatic rings. The standard InChI is InChI=1S/C11H15N/c1-11(12)8-4-6-9-5-2-3-7-10(9)11/h2-3,5,7H,4,6,8,12H2,1H3/t11-/m0/s1. The zero-order chi connectivity index (χ0) is 8.60. The Balaban J connectivity index is 2.52. The number of hydrogen-bond acceptors (Lipinski definition) is 1. The minimum Gasteiger partial charge on any atom is -0.322 e. The van der Waals surface area contributed by atoms with E-state index in [1.165, 1.54) is 24.0 Å². The highest BCUT2D eigenvalue weighted by Gasteiger charge is 2.26. The summed E-state index contributed by atoms with van der Waals surface area (Å²) in [6.07, 6.45) is 3.54. The molecule has 0 amide bonds. The van der Waals surface area contributed by atoms with Gasteiger partial charge in [0.25, 0.3) is 0 Å². The summed E-state index contributed by atoms with van der Waals surface area (Å²) >= 11 is 0. The number of hydrogen-bond donors (Lipinski definition) is 1. The molecule has 1 nitrogen and oxygen atoms in total. The molecular weight excluding hydrogens is 146 g/mol. The van der Waals surface area contributed by atoms with Gasteiger partial charge in [0.2, 0.25) is 0 Å². The van der Waals surface area contributed by atoms with Gasteiger partial charge in [-0.1, -0.05) is 24.3 Å². The molecule has 1 aromatic carbocycles. The molecule has 0 saturated carbocycles. The fraction of sp³-hybridized carbons (Fsp3) is 0.455. The predicted molar refractivity (Wildman–Crippen MR) is 50.9 cm³/mol. The molecule has 0 saturated heterocycles. The molecule has 0 bridgehead atoms. The lowest BCUT2D eigenvalue weighted by Gasteiger charge is -2.32. The van der Waals surface area contributed by atoms with Gasteiger partial charge in [-0.25, -0.2) is 0 Å². The molecule has 12 heavy (non-hydrogen) atoms. The Morgan fingerprint density at radius 3 is 2.83 bits per heavy atom. The van der Waals surface area contributed by atoms with E-state index < -0.39 is 0 Å². The lowest BCUT2D eigenvalue weighted by atomic mass is 9.79. The van der Waals surface area contributed by atoms with E-state index in [9.17, 15) is 0 Å². The maximum absolute atomic E-state index is 6.19. The first-order chi connectivity index (χ1) is 5.70. The van der Waals surface area contributed by atoms with Crippen molar-refractivity contribution in [2.75, 3.05) is 0 Å². The molecule has 0 radical (unpaired) electrons. The van der Waals surface area contributed by atoms with E-state index in [0.29, 0.717) is 0 Å². The predicted octanol–water partition coefficient (Wildman–Crippen LogP) is 2.20. The van der Waals surface area contributed by atoms with Gasteiger partial charge in [0.15, 0.2) is 0 Å². The van der Waals surface area contributed by atoms with Crippen LogP contribution in [-0.4, -0.2) is 0 Å². The van der Waals surface area contributed by atoms with Gasteiger partial charge in [0.1, 0.15) is 0 Å².